The lowest BCUT2D eigenvalue weighted by Gasteiger charge is -2.39. The van der Waals surface area contributed by atoms with Gasteiger partial charge >= 0.3 is 12.2 Å². The van der Waals surface area contributed by atoms with Crippen LogP contribution in [-0.2, 0) is 0 Å². The number of carbonyl (C=O) groups is 1. The minimum absolute atomic E-state index is 0.145. The zero-order valence-electron chi connectivity index (χ0n) is 13.7. The third-order valence-electron chi connectivity index (χ3n) is 4.44. The Labute approximate surface area is 139 Å². The van der Waals surface area contributed by atoms with Crippen molar-refractivity contribution < 1.29 is 23.1 Å². The molecule has 1 heterocycles. The number of nitrogens with one attached hydrogen (secondary N) is 1. The molecule has 0 spiro atoms. The Hall–Kier alpha value is -1.96. The lowest BCUT2D eigenvalue weighted by Crippen LogP contribution is -2.55. The molecule has 24 heavy (non-hydrogen) atoms. The molecular weight excluding hydrogens is 323 g/mol. The van der Waals surface area contributed by atoms with Gasteiger partial charge in [-0.15, -0.1) is 0 Å². The van der Waals surface area contributed by atoms with Crippen molar-refractivity contribution in [1.82, 2.24) is 4.90 Å². The number of amides is 2. The van der Waals surface area contributed by atoms with Gasteiger partial charge < -0.3 is 20.2 Å². The predicted octanol–water partition coefficient (Wildman–Crippen LogP) is 3.06. The number of urea groups is 1. The molecule has 0 saturated carbocycles. The van der Waals surface area contributed by atoms with Gasteiger partial charge in [0.15, 0.2) is 5.60 Å². The molecule has 0 aliphatic carbocycles. The van der Waals surface area contributed by atoms with Crippen LogP contribution in [0.25, 0.3) is 0 Å². The van der Waals surface area contributed by atoms with Crippen molar-refractivity contribution in [2.45, 2.75) is 31.5 Å². The largest absolute Gasteiger partial charge is 0.417 e. The van der Waals surface area contributed by atoms with E-state index in [1.807, 2.05) is 31.0 Å². The number of carbonyl (C=O) groups excluding carboxylic acids is 1. The van der Waals surface area contributed by atoms with Gasteiger partial charge in [0.25, 0.3) is 0 Å². The molecule has 1 aliphatic rings. The van der Waals surface area contributed by atoms with E-state index in [-0.39, 0.29) is 13.1 Å². The highest BCUT2D eigenvalue weighted by Crippen LogP contribution is 2.38. The number of likely N-dealkylation sites (tertiary alicyclic amines) is 1. The quantitative estimate of drug-likeness (QED) is 0.885. The van der Waals surface area contributed by atoms with Gasteiger partial charge in [-0.3, -0.25) is 0 Å². The van der Waals surface area contributed by atoms with Crippen LogP contribution in [0.15, 0.2) is 24.3 Å². The first kappa shape index (κ1) is 18.4. The molecule has 0 radical (unpaired) electrons. The van der Waals surface area contributed by atoms with Gasteiger partial charge in [0.1, 0.15) is 0 Å². The number of benzene rings is 1. The first-order valence-electron chi connectivity index (χ1n) is 7.83. The second kappa shape index (κ2) is 6.88. The van der Waals surface area contributed by atoms with E-state index in [2.05, 4.69) is 5.32 Å². The van der Waals surface area contributed by atoms with Gasteiger partial charge in [0, 0.05) is 39.5 Å². The molecule has 1 aromatic carbocycles. The summed E-state index contributed by atoms with van der Waals surface area (Å²) >= 11 is 0. The second-order valence-corrected chi connectivity index (χ2v) is 5.98. The summed E-state index contributed by atoms with van der Waals surface area (Å²) in [5.41, 5.74) is -1.27. The topological polar surface area (TPSA) is 55.8 Å². The number of aliphatic hydroxyl groups is 1. The molecule has 2 amide bonds. The van der Waals surface area contributed by atoms with E-state index < -0.39 is 30.7 Å². The number of anilines is 2. The zero-order valence-corrected chi connectivity index (χ0v) is 13.7. The Bertz CT molecular complexity index is 584. The summed E-state index contributed by atoms with van der Waals surface area (Å²) in [6, 6.07) is 6.77. The number of halogens is 3. The van der Waals surface area contributed by atoms with Gasteiger partial charge in [-0.2, -0.15) is 13.2 Å². The summed E-state index contributed by atoms with van der Waals surface area (Å²) in [4.78, 5) is 15.6. The Morgan fingerprint density at radius 2 is 1.92 bits per heavy atom. The Morgan fingerprint density at radius 1 is 1.33 bits per heavy atom. The van der Waals surface area contributed by atoms with Gasteiger partial charge in [-0.1, -0.05) is 12.1 Å². The van der Waals surface area contributed by atoms with E-state index in [0.717, 1.165) is 12.2 Å². The molecule has 8 heteroatoms. The molecular formula is C16H22F3N3O2. The van der Waals surface area contributed by atoms with E-state index in [9.17, 15) is 23.1 Å². The van der Waals surface area contributed by atoms with Crippen molar-refractivity contribution in [2.24, 2.45) is 0 Å². The first-order chi connectivity index (χ1) is 11.2. The van der Waals surface area contributed by atoms with Crippen LogP contribution in [0.4, 0.5) is 29.3 Å². The molecule has 0 atom stereocenters. The first-order valence-corrected chi connectivity index (χ1v) is 7.83. The molecule has 0 aromatic heterocycles. The fourth-order valence-corrected chi connectivity index (χ4v) is 2.64. The predicted molar refractivity (Wildman–Crippen MR) is 86.2 cm³/mol. The summed E-state index contributed by atoms with van der Waals surface area (Å²) < 4.78 is 38.4. The summed E-state index contributed by atoms with van der Waals surface area (Å²) in [6.45, 7) is 2.43. The van der Waals surface area contributed by atoms with Crippen LogP contribution in [0, 0.1) is 0 Å². The molecule has 134 valence electrons. The number of rotatable bonds is 3. The average Bonchev–Trinajstić information content (AvgIpc) is 2.54. The van der Waals surface area contributed by atoms with Crippen LogP contribution in [0.1, 0.15) is 19.8 Å². The molecule has 2 N–H and O–H groups in total. The van der Waals surface area contributed by atoms with Gasteiger partial charge in [0.05, 0.1) is 11.4 Å². The van der Waals surface area contributed by atoms with Crippen LogP contribution in [0.2, 0.25) is 0 Å². The van der Waals surface area contributed by atoms with Crippen molar-refractivity contribution >= 4 is 17.4 Å². The van der Waals surface area contributed by atoms with E-state index >= 15 is 0 Å². The molecule has 1 aromatic rings. The number of piperidine rings is 1. The van der Waals surface area contributed by atoms with Crippen molar-refractivity contribution in [3.8, 4) is 0 Å². The van der Waals surface area contributed by atoms with Crippen molar-refractivity contribution in [3.63, 3.8) is 0 Å². The van der Waals surface area contributed by atoms with Crippen molar-refractivity contribution in [2.75, 3.05) is 36.9 Å². The van der Waals surface area contributed by atoms with Crippen LogP contribution in [-0.4, -0.2) is 54.5 Å². The standard InChI is InChI=1S/C16H22F3N3O2/c1-3-21(2)13-7-5-4-6-12(13)20-14(23)22-10-8-15(24,9-11-22)16(17,18)19/h4-7,24H,3,8-11H2,1-2H3,(H,20,23). The number of hydrogen-bond acceptors (Lipinski definition) is 3. The highest BCUT2D eigenvalue weighted by molar-refractivity contribution is 5.93. The van der Waals surface area contributed by atoms with Crippen LogP contribution in [0.3, 0.4) is 0 Å². The molecule has 1 saturated heterocycles. The molecule has 2 rings (SSSR count). The summed E-state index contributed by atoms with van der Waals surface area (Å²) in [6.07, 6.45) is -5.70. The lowest BCUT2D eigenvalue weighted by molar-refractivity contribution is -0.271. The van der Waals surface area contributed by atoms with E-state index in [0.29, 0.717) is 5.69 Å². The molecule has 0 bridgehead atoms. The highest BCUT2D eigenvalue weighted by atomic mass is 19.4. The summed E-state index contributed by atoms with van der Waals surface area (Å²) in [5.74, 6) is 0. The Kier molecular flexibility index (Phi) is 5.27. The lowest BCUT2D eigenvalue weighted by atomic mass is 9.91. The third-order valence-corrected chi connectivity index (χ3v) is 4.44. The molecule has 0 unspecified atom stereocenters. The van der Waals surface area contributed by atoms with E-state index in [1.165, 1.54) is 4.90 Å². The summed E-state index contributed by atoms with van der Waals surface area (Å²) in [5, 5.41) is 12.4. The fourth-order valence-electron chi connectivity index (χ4n) is 2.64. The van der Waals surface area contributed by atoms with Crippen molar-refractivity contribution in [3.05, 3.63) is 24.3 Å². The SMILES string of the molecule is CCN(C)c1ccccc1NC(=O)N1CCC(O)(C(F)(F)F)CC1. The summed E-state index contributed by atoms with van der Waals surface area (Å²) in [7, 11) is 1.88. The monoisotopic (exact) mass is 345 g/mol. The van der Waals surface area contributed by atoms with Crippen molar-refractivity contribution in [1.29, 1.82) is 0 Å². The third kappa shape index (κ3) is 3.75. The Balaban J connectivity index is 2.03. The molecule has 1 aliphatic heterocycles. The minimum atomic E-state index is -4.67. The Morgan fingerprint density at radius 3 is 2.46 bits per heavy atom. The average molecular weight is 345 g/mol. The second-order valence-electron chi connectivity index (χ2n) is 5.98. The smallest absolute Gasteiger partial charge is 0.380 e. The molecule has 5 nitrogen and oxygen atoms in total. The minimum Gasteiger partial charge on any atom is -0.380 e. The maximum absolute atomic E-state index is 12.8. The van der Waals surface area contributed by atoms with Gasteiger partial charge in [0.2, 0.25) is 0 Å². The fraction of sp³-hybridized carbons (Fsp3) is 0.562. The van der Waals surface area contributed by atoms with E-state index in [4.69, 9.17) is 0 Å². The van der Waals surface area contributed by atoms with Crippen LogP contribution < -0.4 is 10.2 Å². The zero-order chi connectivity index (χ0) is 18.0. The van der Waals surface area contributed by atoms with Crippen LogP contribution in [0.5, 0.6) is 0 Å². The maximum atomic E-state index is 12.8. The number of alkyl halides is 3. The van der Waals surface area contributed by atoms with Crippen LogP contribution >= 0.6 is 0 Å². The number of hydrogen-bond donors (Lipinski definition) is 2. The highest BCUT2D eigenvalue weighted by Gasteiger charge is 2.54. The van der Waals surface area contributed by atoms with Gasteiger partial charge in [-0.05, 0) is 19.1 Å². The normalized spacial score (nSPS) is 17.5. The number of nitrogens with zero attached hydrogens (tertiary/aromatic N) is 2. The maximum Gasteiger partial charge on any atom is 0.417 e. The molecule has 1 fully saturated rings. The van der Waals surface area contributed by atoms with E-state index in [1.54, 1.807) is 12.1 Å². The number of para-hydroxylation sites is 2. The van der Waals surface area contributed by atoms with Gasteiger partial charge in [-0.25, -0.2) is 4.79 Å².